The molecular weight excluding hydrogens is 264 g/mol. The van der Waals surface area contributed by atoms with Crippen molar-refractivity contribution >= 4 is 18.1 Å². The van der Waals surface area contributed by atoms with Gasteiger partial charge in [0.2, 0.25) is 5.75 Å². The van der Waals surface area contributed by atoms with Crippen LogP contribution in [-0.2, 0) is 0 Å². The van der Waals surface area contributed by atoms with Crippen LogP contribution in [0.3, 0.4) is 0 Å². The number of phenolic OH excluding ortho intramolecular Hbond substituents is 1. The summed E-state index contributed by atoms with van der Waals surface area (Å²) in [6.45, 7) is -0.127. The van der Waals surface area contributed by atoms with E-state index in [1.807, 2.05) is 0 Å². The first kappa shape index (κ1) is 16.4. The zero-order chi connectivity index (χ0) is 13.0. The predicted molar refractivity (Wildman–Crippen MR) is 67.2 cm³/mol. The summed E-state index contributed by atoms with van der Waals surface area (Å²) in [5, 5.41) is 29.0. The van der Waals surface area contributed by atoms with Gasteiger partial charge in [0.05, 0.1) is 12.0 Å². The van der Waals surface area contributed by atoms with Gasteiger partial charge in [-0.2, -0.15) is 0 Å². The van der Waals surface area contributed by atoms with E-state index < -0.39 is 22.4 Å². The third-order valence-corrected chi connectivity index (χ3v) is 2.36. The average Bonchev–Trinajstić information content (AvgIpc) is 2.29. The summed E-state index contributed by atoms with van der Waals surface area (Å²) in [7, 11) is 1.29. The molecule has 102 valence electrons. The Morgan fingerprint density at radius 1 is 1.56 bits per heavy atom. The average molecular weight is 279 g/mol. The Hall–Kier alpha value is -1.57. The fourth-order valence-electron chi connectivity index (χ4n) is 1.43. The summed E-state index contributed by atoms with van der Waals surface area (Å²) in [5.41, 5.74) is 5.69. The number of methoxy groups -OCH3 is 1. The molecule has 1 atom stereocenters. The lowest BCUT2D eigenvalue weighted by Gasteiger charge is -2.12. The quantitative estimate of drug-likeness (QED) is 0.548. The van der Waals surface area contributed by atoms with Gasteiger partial charge in [0.15, 0.2) is 5.75 Å². The second-order valence-electron chi connectivity index (χ2n) is 3.47. The molecule has 0 bridgehead atoms. The largest absolute Gasteiger partial charge is 0.500 e. The van der Waals surface area contributed by atoms with Crippen LogP contribution >= 0.6 is 12.4 Å². The lowest BCUT2D eigenvalue weighted by atomic mass is 10.0. The van der Waals surface area contributed by atoms with Crippen molar-refractivity contribution in [3.05, 3.63) is 27.8 Å². The van der Waals surface area contributed by atoms with Gasteiger partial charge in [-0.25, -0.2) is 0 Å². The number of nitro benzene ring substituents is 1. The highest BCUT2D eigenvalue weighted by molar-refractivity contribution is 5.85. The van der Waals surface area contributed by atoms with E-state index in [0.29, 0.717) is 5.56 Å². The van der Waals surface area contributed by atoms with E-state index in [2.05, 4.69) is 0 Å². The van der Waals surface area contributed by atoms with Crippen LogP contribution in [0, 0.1) is 10.1 Å². The number of halogens is 1. The number of phenols is 1. The van der Waals surface area contributed by atoms with Crippen molar-refractivity contribution in [1.29, 1.82) is 0 Å². The van der Waals surface area contributed by atoms with Crippen molar-refractivity contribution in [1.82, 2.24) is 0 Å². The molecule has 0 aromatic heterocycles. The third kappa shape index (κ3) is 3.46. The fourth-order valence-corrected chi connectivity index (χ4v) is 1.43. The third-order valence-electron chi connectivity index (χ3n) is 2.36. The maximum atomic E-state index is 10.7. The number of aliphatic hydroxyl groups is 1. The first-order valence-corrected chi connectivity index (χ1v) is 4.93. The van der Waals surface area contributed by atoms with Crippen LogP contribution in [0.5, 0.6) is 11.5 Å². The summed E-state index contributed by atoms with van der Waals surface area (Å²) < 4.78 is 4.83. The minimum atomic E-state index is -0.715. The second kappa shape index (κ2) is 7.00. The smallest absolute Gasteiger partial charge is 0.314 e. The van der Waals surface area contributed by atoms with Crippen LogP contribution < -0.4 is 10.5 Å². The van der Waals surface area contributed by atoms with Gasteiger partial charge in [-0.15, -0.1) is 12.4 Å². The first-order valence-electron chi connectivity index (χ1n) is 4.93. The van der Waals surface area contributed by atoms with Crippen molar-refractivity contribution in [2.24, 2.45) is 5.73 Å². The zero-order valence-corrected chi connectivity index (χ0v) is 10.5. The van der Waals surface area contributed by atoms with Gasteiger partial charge in [-0.3, -0.25) is 10.1 Å². The van der Waals surface area contributed by atoms with E-state index in [1.165, 1.54) is 19.2 Å². The van der Waals surface area contributed by atoms with Crippen molar-refractivity contribution in [2.75, 3.05) is 13.7 Å². The van der Waals surface area contributed by atoms with Gasteiger partial charge in [-0.05, 0) is 18.1 Å². The Labute approximate surface area is 110 Å². The number of nitro groups is 1. The summed E-state index contributed by atoms with van der Waals surface area (Å²) >= 11 is 0. The topological polar surface area (TPSA) is 119 Å². The predicted octanol–water partition coefficient (Wildman–Crippen LogP) is 1.11. The van der Waals surface area contributed by atoms with Gasteiger partial charge >= 0.3 is 5.69 Å². The molecule has 7 nitrogen and oxygen atoms in total. The van der Waals surface area contributed by atoms with Crippen molar-refractivity contribution in [2.45, 2.75) is 12.5 Å². The number of nitrogens with two attached hydrogens (primary N) is 1. The molecule has 18 heavy (non-hydrogen) atoms. The summed E-state index contributed by atoms with van der Waals surface area (Å²) in [6.07, 6.45) is 0.269. The Bertz CT molecular complexity index is 427. The molecule has 0 saturated carbocycles. The molecule has 1 aromatic rings. The Kier molecular flexibility index (Phi) is 6.39. The Balaban J connectivity index is 0.00000289. The molecule has 0 saturated heterocycles. The monoisotopic (exact) mass is 278 g/mol. The lowest BCUT2D eigenvalue weighted by molar-refractivity contribution is -0.386. The van der Waals surface area contributed by atoms with E-state index in [9.17, 15) is 15.2 Å². The number of rotatable bonds is 5. The fraction of sp³-hybridized carbons (Fsp3) is 0.400. The van der Waals surface area contributed by atoms with Crippen molar-refractivity contribution in [3.8, 4) is 11.5 Å². The van der Waals surface area contributed by atoms with Gasteiger partial charge in [-0.1, -0.05) is 0 Å². The van der Waals surface area contributed by atoms with E-state index in [-0.39, 0.29) is 31.2 Å². The highest BCUT2D eigenvalue weighted by Crippen LogP contribution is 2.38. The van der Waals surface area contributed by atoms with E-state index in [1.54, 1.807) is 0 Å². The van der Waals surface area contributed by atoms with Gasteiger partial charge in [0.1, 0.15) is 0 Å². The van der Waals surface area contributed by atoms with Crippen LogP contribution in [0.2, 0.25) is 0 Å². The number of benzene rings is 1. The van der Waals surface area contributed by atoms with Crippen molar-refractivity contribution < 1.29 is 19.9 Å². The molecule has 4 N–H and O–H groups in total. The van der Waals surface area contributed by atoms with Crippen LogP contribution in [0.1, 0.15) is 18.0 Å². The first-order chi connectivity index (χ1) is 8.01. The number of nitrogens with zero attached hydrogens (tertiary/aromatic N) is 1. The highest BCUT2D eigenvalue weighted by Gasteiger charge is 2.21. The van der Waals surface area contributed by atoms with Crippen LogP contribution in [0.25, 0.3) is 0 Å². The Morgan fingerprint density at radius 2 is 2.17 bits per heavy atom. The lowest BCUT2D eigenvalue weighted by Crippen LogP contribution is -2.12. The molecule has 0 spiro atoms. The minimum Gasteiger partial charge on any atom is -0.500 e. The number of hydrogen-bond donors (Lipinski definition) is 3. The van der Waals surface area contributed by atoms with Gasteiger partial charge < -0.3 is 20.7 Å². The molecular formula is C10H15ClN2O5. The van der Waals surface area contributed by atoms with E-state index in [0.717, 1.165) is 0 Å². The summed E-state index contributed by atoms with van der Waals surface area (Å²) in [6, 6.07) is 2.05. The number of hydrogen-bond acceptors (Lipinski definition) is 6. The molecule has 8 heteroatoms. The van der Waals surface area contributed by atoms with E-state index in [4.69, 9.17) is 15.6 Å². The van der Waals surface area contributed by atoms with Gasteiger partial charge in [0, 0.05) is 18.7 Å². The zero-order valence-electron chi connectivity index (χ0n) is 9.70. The number of aliphatic hydroxyl groups excluding tert-OH is 1. The molecule has 0 aliphatic rings. The normalized spacial score (nSPS) is 11.5. The standard InChI is InChI=1S/C10H14N2O5.ClH/c1-17-9-5-6(7(11)2-3-13)4-8(10(9)14)12(15)16;/h4-5,7,13-14H,2-3,11H2,1H3;1H/t7-;/m0./s1. The van der Waals surface area contributed by atoms with Crippen molar-refractivity contribution in [3.63, 3.8) is 0 Å². The summed E-state index contributed by atoms with van der Waals surface area (Å²) in [4.78, 5) is 10.0. The van der Waals surface area contributed by atoms with E-state index >= 15 is 0 Å². The maximum Gasteiger partial charge on any atom is 0.314 e. The van der Waals surface area contributed by atoms with Gasteiger partial charge in [0.25, 0.3) is 0 Å². The van der Waals surface area contributed by atoms with Crippen LogP contribution in [0.15, 0.2) is 12.1 Å². The number of aromatic hydroxyl groups is 1. The van der Waals surface area contributed by atoms with Crippen LogP contribution in [0.4, 0.5) is 5.69 Å². The molecule has 0 aliphatic heterocycles. The summed E-state index contributed by atoms with van der Waals surface area (Å²) in [5.74, 6) is -0.542. The molecule has 1 rings (SSSR count). The Morgan fingerprint density at radius 3 is 2.61 bits per heavy atom. The molecule has 0 radical (unpaired) electrons. The maximum absolute atomic E-state index is 10.7. The van der Waals surface area contributed by atoms with Crippen LogP contribution in [-0.4, -0.2) is 28.9 Å². The highest BCUT2D eigenvalue weighted by atomic mass is 35.5. The molecule has 0 heterocycles. The molecule has 0 fully saturated rings. The SMILES string of the molecule is COc1cc([C@@H](N)CCO)cc([N+](=O)[O-])c1O.Cl. The molecule has 0 amide bonds. The number of ether oxygens (including phenoxy) is 1. The minimum absolute atomic E-state index is 0. The second-order valence-corrected chi connectivity index (χ2v) is 3.47. The molecule has 0 unspecified atom stereocenters. The molecule has 1 aromatic carbocycles. The molecule has 0 aliphatic carbocycles.